The number of hydrogen-bond acceptors (Lipinski definition) is 6. The number of nitrogens with zero attached hydrogens (tertiary/aromatic N) is 1. The quantitative estimate of drug-likeness (QED) is 0.737. The Morgan fingerprint density at radius 2 is 2.03 bits per heavy atom. The van der Waals surface area contributed by atoms with Gasteiger partial charge in [-0.1, -0.05) is 0 Å². The van der Waals surface area contributed by atoms with E-state index >= 15 is 0 Å². The molecule has 1 N–H and O–H groups in total. The van der Waals surface area contributed by atoms with Crippen LogP contribution in [0.1, 0.15) is 40.6 Å². The molecule has 0 spiro atoms. The van der Waals surface area contributed by atoms with Gasteiger partial charge >= 0.3 is 5.97 Å². The Morgan fingerprint density at radius 3 is 2.72 bits per heavy atom. The van der Waals surface area contributed by atoms with Crippen molar-refractivity contribution in [2.24, 2.45) is 5.92 Å². The van der Waals surface area contributed by atoms with Crippen LogP contribution in [0.5, 0.6) is 5.75 Å². The number of benzene rings is 1. The second-order valence-corrected chi connectivity index (χ2v) is 8.75. The molecule has 4 rings (SSSR count). The van der Waals surface area contributed by atoms with Gasteiger partial charge in [-0.2, -0.15) is 5.26 Å². The number of carbonyl (C=O) groups is 2. The first-order chi connectivity index (χ1) is 13.9. The molecular formula is C22H22N2O4S. The SMILES string of the molecule is COc1ccc2c(c1)CCc1cc(C(=O)OCC(=O)N[C@@](C)(C#N)C3CC3)sc1-2. The molecular weight excluding hydrogens is 388 g/mol. The highest BCUT2D eigenvalue weighted by Gasteiger charge is 2.43. The van der Waals surface area contributed by atoms with Crippen LogP contribution in [0.2, 0.25) is 0 Å². The molecule has 1 aromatic carbocycles. The summed E-state index contributed by atoms with van der Waals surface area (Å²) in [6, 6.07) is 9.99. The van der Waals surface area contributed by atoms with E-state index in [9.17, 15) is 14.9 Å². The summed E-state index contributed by atoms with van der Waals surface area (Å²) < 4.78 is 10.5. The number of thiophene rings is 1. The molecule has 0 bridgehead atoms. The molecule has 1 atom stereocenters. The summed E-state index contributed by atoms with van der Waals surface area (Å²) in [6.07, 6.45) is 3.60. The van der Waals surface area contributed by atoms with E-state index in [2.05, 4.69) is 11.4 Å². The maximum absolute atomic E-state index is 12.5. The van der Waals surface area contributed by atoms with Gasteiger partial charge in [0.2, 0.25) is 0 Å². The van der Waals surface area contributed by atoms with Gasteiger partial charge in [-0.15, -0.1) is 11.3 Å². The third-order valence-electron chi connectivity index (χ3n) is 5.59. The highest BCUT2D eigenvalue weighted by atomic mass is 32.1. The average Bonchev–Trinajstić information content (AvgIpc) is 3.50. The van der Waals surface area contributed by atoms with Crippen molar-refractivity contribution in [1.29, 1.82) is 5.26 Å². The number of methoxy groups -OCH3 is 1. The van der Waals surface area contributed by atoms with Crippen molar-refractivity contribution >= 4 is 23.2 Å². The lowest BCUT2D eigenvalue weighted by Gasteiger charge is -2.22. The molecule has 0 saturated heterocycles. The summed E-state index contributed by atoms with van der Waals surface area (Å²) in [6.45, 7) is 1.32. The van der Waals surface area contributed by atoms with Crippen LogP contribution in [0.15, 0.2) is 24.3 Å². The van der Waals surface area contributed by atoms with Gasteiger partial charge in [0.15, 0.2) is 6.61 Å². The number of esters is 1. The summed E-state index contributed by atoms with van der Waals surface area (Å²) in [5.74, 6) is 0.0348. The van der Waals surface area contributed by atoms with Gasteiger partial charge in [0.05, 0.1) is 13.2 Å². The molecule has 2 aliphatic rings. The summed E-state index contributed by atoms with van der Waals surface area (Å²) in [4.78, 5) is 26.2. The largest absolute Gasteiger partial charge is 0.497 e. The number of nitriles is 1. The minimum atomic E-state index is -0.893. The maximum atomic E-state index is 12.5. The predicted octanol–water partition coefficient (Wildman–Crippen LogP) is 3.49. The van der Waals surface area contributed by atoms with Gasteiger partial charge in [-0.05, 0) is 79.5 Å². The van der Waals surface area contributed by atoms with E-state index in [1.54, 1.807) is 14.0 Å². The first kappa shape index (κ1) is 19.5. The molecule has 6 nitrogen and oxygen atoms in total. The first-order valence-electron chi connectivity index (χ1n) is 9.63. The fourth-order valence-electron chi connectivity index (χ4n) is 3.75. The predicted molar refractivity (Wildman–Crippen MR) is 109 cm³/mol. The molecule has 0 aliphatic heterocycles. The zero-order valence-corrected chi connectivity index (χ0v) is 17.2. The average molecular weight is 410 g/mol. The minimum Gasteiger partial charge on any atom is -0.497 e. The molecule has 150 valence electrons. The second-order valence-electron chi connectivity index (χ2n) is 7.70. The number of carbonyl (C=O) groups excluding carboxylic acids is 2. The van der Waals surface area contributed by atoms with E-state index < -0.39 is 17.4 Å². The van der Waals surface area contributed by atoms with Crippen LogP contribution in [-0.4, -0.2) is 31.1 Å². The molecule has 2 aliphatic carbocycles. The van der Waals surface area contributed by atoms with Crippen molar-refractivity contribution in [1.82, 2.24) is 5.32 Å². The Morgan fingerprint density at radius 1 is 1.28 bits per heavy atom. The number of hydrogen-bond donors (Lipinski definition) is 1. The lowest BCUT2D eigenvalue weighted by atomic mass is 9.91. The Hall–Kier alpha value is -2.85. The van der Waals surface area contributed by atoms with Crippen LogP contribution >= 0.6 is 11.3 Å². The van der Waals surface area contributed by atoms with Crippen molar-refractivity contribution in [3.8, 4) is 22.3 Å². The number of amides is 1. The van der Waals surface area contributed by atoms with Gasteiger partial charge in [0, 0.05) is 4.88 Å². The van der Waals surface area contributed by atoms with Gasteiger partial charge in [-0.3, -0.25) is 4.79 Å². The Labute approximate surface area is 173 Å². The van der Waals surface area contributed by atoms with Crippen LogP contribution in [0, 0.1) is 17.2 Å². The first-order valence-corrected chi connectivity index (χ1v) is 10.4. The van der Waals surface area contributed by atoms with Crippen molar-refractivity contribution in [2.45, 2.75) is 38.1 Å². The van der Waals surface area contributed by atoms with Crippen LogP contribution < -0.4 is 10.1 Å². The molecule has 1 heterocycles. The molecule has 1 amide bonds. The van der Waals surface area contributed by atoms with E-state index in [0.29, 0.717) is 4.88 Å². The van der Waals surface area contributed by atoms with Gasteiger partial charge < -0.3 is 14.8 Å². The van der Waals surface area contributed by atoms with Crippen LogP contribution in [0.3, 0.4) is 0 Å². The number of nitrogens with one attached hydrogen (secondary N) is 1. The Balaban J connectivity index is 1.42. The summed E-state index contributed by atoms with van der Waals surface area (Å²) in [7, 11) is 1.65. The van der Waals surface area contributed by atoms with Crippen molar-refractivity contribution in [2.75, 3.05) is 13.7 Å². The summed E-state index contributed by atoms with van der Waals surface area (Å²) >= 11 is 1.38. The Bertz CT molecular complexity index is 1020. The molecule has 0 unspecified atom stereocenters. The fraction of sp³-hybridized carbons (Fsp3) is 0.409. The van der Waals surface area contributed by atoms with E-state index in [1.165, 1.54) is 16.9 Å². The normalized spacial score (nSPS) is 16.6. The topological polar surface area (TPSA) is 88.4 Å². The van der Waals surface area contributed by atoms with E-state index in [-0.39, 0.29) is 12.5 Å². The third kappa shape index (κ3) is 3.85. The summed E-state index contributed by atoms with van der Waals surface area (Å²) in [5, 5.41) is 12.0. The Kier molecular flexibility index (Phi) is 5.05. The zero-order valence-electron chi connectivity index (χ0n) is 16.4. The van der Waals surface area contributed by atoms with Gasteiger partial charge in [-0.25, -0.2) is 4.79 Å². The number of ether oxygens (including phenoxy) is 2. The highest BCUT2D eigenvalue weighted by Crippen LogP contribution is 2.41. The lowest BCUT2D eigenvalue weighted by Crippen LogP contribution is -2.48. The molecule has 1 saturated carbocycles. The van der Waals surface area contributed by atoms with Gasteiger partial charge in [0.25, 0.3) is 5.91 Å². The lowest BCUT2D eigenvalue weighted by molar-refractivity contribution is -0.125. The smallest absolute Gasteiger partial charge is 0.348 e. The maximum Gasteiger partial charge on any atom is 0.348 e. The monoisotopic (exact) mass is 410 g/mol. The molecule has 7 heteroatoms. The highest BCUT2D eigenvalue weighted by molar-refractivity contribution is 7.17. The zero-order chi connectivity index (χ0) is 20.6. The standard InChI is InChI=1S/C22H22N2O4S/c1-22(12-23,15-5-6-15)24-19(25)11-28-21(26)18-10-14-4-3-13-9-16(27-2)7-8-17(13)20(14)29-18/h7-10,15H,3-6,11H2,1-2H3,(H,24,25)/t22-/m0/s1. The van der Waals surface area contributed by atoms with Crippen LogP contribution in [-0.2, 0) is 22.4 Å². The second kappa shape index (κ2) is 7.53. The molecule has 29 heavy (non-hydrogen) atoms. The van der Waals surface area contributed by atoms with Gasteiger partial charge in [0.1, 0.15) is 16.2 Å². The van der Waals surface area contributed by atoms with Crippen molar-refractivity contribution < 1.29 is 19.1 Å². The number of aryl methyl sites for hydroxylation is 2. The van der Waals surface area contributed by atoms with E-state index in [4.69, 9.17) is 9.47 Å². The fourth-order valence-corrected chi connectivity index (χ4v) is 4.91. The van der Waals surface area contributed by atoms with Crippen molar-refractivity contribution in [3.63, 3.8) is 0 Å². The molecule has 1 aromatic heterocycles. The molecule has 1 fully saturated rings. The molecule has 0 radical (unpaired) electrons. The van der Waals surface area contributed by atoms with Crippen molar-refractivity contribution in [3.05, 3.63) is 40.3 Å². The van der Waals surface area contributed by atoms with E-state index in [1.807, 2.05) is 24.3 Å². The third-order valence-corrected chi connectivity index (χ3v) is 6.78. The number of rotatable bonds is 6. The summed E-state index contributed by atoms with van der Waals surface area (Å²) in [5.41, 5.74) is 2.54. The molecule has 2 aromatic rings. The van der Waals surface area contributed by atoms with Crippen LogP contribution in [0.4, 0.5) is 0 Å². The minimum absolute atomic E-state index is 0.176. The van der Waals surface area contributed by atoms with E-state index in [0.717, 1.165) is 47.4 Å². The number of fused-ring (bicyclic) bond motifs is 3. The van der Waals surface area contributed by atoms with Crippen LogP contribution in [0.25, 0.3) is 10.4 Å².